The third-order valence-corrected chi connectivity index (χ3v) is 5.33. The first kappa shape index (κ1) is 23.2. The molecule has 1 heterocycles. The molecule has 0 bridgehead atoms. The van der Waals surface area contributed by atoms with Gasteiger partial charge in [0.25, 0.3) is 5.91 Å². The van der Waals surface area contributed by atoms with E-state index in [2.05, 4.69) is 12.2 Å². The third kappa shape index (κ3) is 5.23. The number of methoxy groups -OCH3 is 1. The number of ether oxygens (including phenoxy) is 2. The largest absolute Gasteiger partial charge is 0.496 e. The van der Waals surface area contributed by atoms with Gasteiger partial charge in [-0.05, 0) is 61.0 Å². The van der Waals surface area contributed by atoms with Gasteiger partial charge >= 0.3 is 5.69 Å². The molecule has 0 aromatic heterocycles. The maximum Gasteiger partial charge on any atom is 0.310 e. The van der Waals surface area contributed by atoms with E-state index in [1.165, 1.54) is 13.2 Å². The van der Waals surface area contributed by atoms with E-state index in [0.717, 1.165) is 24.0 Å². The maximum atomic E-state index is 12.7. The molecule has 0 atom stereocenters. The highest BCUT2D eigenvalue weighted by Crippen LogP contribution is 2.30. The van der Waals surface area contributed by atoms with Gasteiger partial charge in [0.15, 0.2) is 10.9 Å². The lowest BCUT2D eigenvalue weighted by Crippen LogP contribution is -2.31. The average molecular weight is 456 g/mol. The van der Waals surface area contributed by atoms with E-state index in [1.54, 1.807) is 29.2 Å². The smallest absolute Gasteiger partial charge is 0.310 e. The minimum absolute atomic E-state index is 0.0624. The van der Waals surface area contributed by atoms with Gasteiger partial charge in [-0.3, -0.25) is 19.8 Å². The Morgan fingerprint density at radius 3 is 2.69 bits per heavy atom. The molecule has 9 heteroatoms. The molecule has 1 aliphatic rings. The SMILES string of the molecule is CCCCN1C(=O)/C(=C\c2ccc(OC)c(COc3cc(C)ccc3[N+](=O)[O-])c2)NC1=S. The summed E-state index contributed by atoms with van der Waals surface area (Å²) >= 11 is 5.29. The number of hydrogen-bond donors (Lipinski definition) is 1. The molecule has 2 aromatic rings. The summed E-state index contributed by atoms with van der Waals surface area (Å²) in [5.41, 5.74) is 2.59. The lowest BCUT2D eigenvalue weighted by Gasteiger charge is -2.12. The lowest BCUT2D eigenvalue weighted by atomic mass is 10.1. The Labute approximate surface area is 192 Å². The van der Waals surface area contributed by atoms with Crippen LogP contribution in [0.25, 0.3) is 6.08 Å². The summed E-state index contributed by atoms with van der Waals surface area (Å²) in [5.74, 6) is 0.603. The van der Waals surface area contributed by atoms with Crippen LogP contribution in [0.3, 0.4) is 0 Å². The quantitative estimate of drug-likeness (QED) is 0.260. The number of carbonyl (C=O) groups is 1. The zero-order valence-electron chi connectivity index (χ0n) is 18.2. The highest BCUT2D eigenvalue weighted by molar-refractivity contribution is 7.80. The predicted octanol–water partition coefficient (Wildman–Crippen LogP) is 4.35. The molecule has 32 heavy (non-hydrogen) atoms. The number of unbranched alkanes of at least 4 members (excludes halogenated alkanes) is 1. The van der Waals surface area contributed by atoms with Crippen molar-refractivity contribution in [3.8, 4) is 11.5 Å². The summed E-state index contributed by atoms with van der Waals surface area (Å²) in [5, 5.41) is 14.7. The van der Waals surface area contributed by atoms with Gasteiger partial charge in [-0.1, -0.05) is 25.5 Å². The maximum absolute atomic E-state index is 12.7. The Hall–Kier alpha value is -3.46. The minimum atomic E-state index is -0.475. The lowest BCUT2D eigenvalue weighted by molar-refractivity contribution is -0.386. The number of carbonyl (C=O) groups excluding carboxylic acids is 1. The molecule has 1 amide bonds. The first-order valence-electron chi connectivity index (χ1n) is 10.2. The first-order valence-corrected chi connectivity index (χ1v) is 10.6. The van der Waals surface area contributed by atoms with Gasteiger partial charge in [0, 0.05) is 18.2 Å². The molecule has 1 fully saturated rings. The molecule has 0 aliphatic carbocycles. The third-order valence-electron chi connectivity index (χ3n) is 5.01. The van der Waals surface area contributed by atoms with E-state index in [-0.39, 0.29) is 24.0 Å². The van der Waals surface area contributed by atoms with Crippen LogP contribution in [0, 0.1) is 17.0 Å². The van der Waals surface area contributed by atoms with Crippen LogP contribution in [0.15, 0.2) is 42.1 Å². The van der Waals surface area contributed by atoms with Crippen molar-refractivity contribution in [2.75, 3.05) is 13.7 Å². The van der Waals surface area contributed by atoms with Crippen LogP contribution in [0.4, 0.5) is 5.69 Å². The fraction of sp³-hybridized carbons (Fsp3) is 0.304. The van der Waals surface area contributed by atoms with E-state index < -0.39 is 4.92 Å². The number of nitrogens with zero attached hydrogens (tertiary/aromatic N) is 2. The number of hydrogen-bond acceptors (Lipinski definition) is 6. The van der Waals surface area contributed by atoms with Gasteiger partial charge in [0.2, 0.25) is 0 Å². The molecule has 0 saturated carbocycles. The summed E-state index contributed by atoms with van der Waals surface area (Å²) in [6, 6.07) is 10.1. The summed E-state index contributed by atoms with van der Waals surface area (Å²) in [4.78, 5) is 25.1. The van der Waals surface area contributed by atoms with E-state index in [4.69, 9.17) is 21.7 Å². The number of nitro groups is 1. The Kier molecular flexibility index (Phi) is 7.42. The average Bonchev–Trinajstić information content (AvgIpc) is 3.03. The molecule has 1 N–H and O–H groups in total. The standard InChI is InChI=1S/C23H25N3O5S/c1-4-5-10-25-22(27)18(24-23(25)32)13-16-7-9-20(30-3)17(12-16)14-31-21-11-15(2)6-8-19(21)26(28)29/h6-9,11-13H,4-5,10,14H2,1-3H3,(H,24,32)/b18-13+. The second-order valence-corrected chi connectivity index (χ2v) is 7.77. The van der Waals surface area contributed by atoms with Gasteiger partial charge in [0.1, 0.15) is 18.1 Å². The Morgan fingerprint density at radius 2 is 2.00 bits per heavy atom. The zero-order chi connectivity index (χ0) is 23.3. The van der Waals surface area contributed by atoms with Crippen LogP contribution in [-0.2, 0) is 11.4 Å². The molecule has 1 aliphatic heterocycles. The fourth-order valence-corrected chi connectivity index (χ4v) is 3.59. The molecule has 1 saturated heterocycles. The van der Waals surface area contributed by atoms with Crippen LogP contribution in [-0.4, -0.2) is 34.5 Å². The van der Waals surface area contributed by atoms with E-state index in [1.807, 2.05) is 19.1 Å². The summed E-state index contributed by atoms with van der Waals surface area (Å²) < 4.78 is 11.2. The van der Waals surface area contributed by atoms with Crippen molar-refractivity contribution in [1.82, 2.24) is 10.2 Å². The second kappa shape index (κ2) is 10.2. The Bertz CT molecular complexity index is 1080. The van der Waals surface area contributed by atoms with Crippen LogP contribution in [0.5, 0.6) is 11.5 Å². The summed E-state index contributed by atoms with van der Waals surface area (Å²) in [6.45, 7) is 4.53. The number of rotatable bonds is 9. The van der Waals surface area contributed by atoms with Gasteiger partial charge < -0.3 is 14.8 Å². The number of nitro benzene ring substituents is 1. The fourth-order valence-electron chi connectivity index (χ4n) is 3.30. The number of aryl methyl sites for hydroxylation is 1. The van der Waals surface area contributed by atoms with Gasteiger partial charge in [0.05, 0.1) is 12.0 Å². The van der Waals surface area contributed by atoms with Crippen molar-refractivity contribution in [2.24, 2.45) is 0 Å². The van der Waals surface area contributed by atoms with Crippen molar-refractivity contribution in [1.29, 1.82) is 0 Å². The monoisotopic (exact) mass is 455 g/mol. The molecule has 0 unspecified atom stereocenters. The molecular weight excluding hydrogens is 430 g/mol. The van der Waals surface area contributed by atoms with Crippen molar-refractivity contribution in [3.63, 3.8) is 0 Å². The van der Waals surface area contributed by atoms with Gasteiger partial charge in [-0.15, -0.1) is 0 Å². The van der Waals surface area contributed by atoms with Crippen molar-refractivity contribution >= 4 is 35.0 Å². The normalized spacial score (nSPS) is 14.6. The van der Waals surface area contributed by atoms with Gasteiger partial charge in [-0.2, -0.15) is 0 Å². The molecule has 168 valence electrons. The van der Waals surface area contributed by atoms with Crippen LogP contribution < -0.4 is 14.8 Å². The second-order valence-electron chi connectivity index (χ2n) is 7.39. The first-order chi connectivity index (χ1) is 15.3. The van der Waals surface area contributed by atoms with E-state index in [0.29, 0.717) is 28.7 Å². The Balaban J connectivity index is 1.83. The van der Waals surface area contributed by atoms with Crippen molar-refractivity contribution < 1.29 is 19.2 Å². The molecule has 0 radical (unpaired) electrons. The molecule has 3 rings (SSSR count). The summed E-state index contributed by atoms with van der Waals surface area (Å²) in [7, 11) is 1.54. The molecule has 8 nitrogen and oxygen atoms in total. The minimum Gasteiger partial charge on any atom is -0.496 e. The van der Waals surface area contributed by atoms with Gasteiger partial charge in [-0.25, -0.2) is 0 Å². The number of nitrogens with one attached hydrogen (secondary N) is 1. The number of thiocarbonyl (C=S) groups is 1. The topological polar surface area (TPSA) is 93.9 Å². The number of benzene rings is 2. The van der Waals surface area contributed by atoms with Crippen molar-refractivity contribution in [2.45, 2.75) is 33.3 Å². The molecule has 2 aromatic carbocycles. The van der Waals surface area contributed by atoms with Crippen molar-refractivity contribution in [3.05, 3.63) is 68.9 Å². The molecular formula is C23H25N3O5S. The highest BCUT2D eigenvalue weighted by atomic mass is 32.1. The Morgan fingerprint density at radius 1 is 1.22 bits per heavy atom. The van der Waals surface area contributed by atoms with Crippen LogP contribution in [0.1, 0.15) is 36.5 Å². The predicted molar refractivity (Wildman–Crippen MR) is 125 cm³/mol. The summed E-state index contributed by atoms with van der Waals surface area (Å²) in [6.07, 6.45) is 3.56. The molecule has 0 spiro atoms. The van der Waals surface area contributed by atoms with E-state index >= 15 is 0 Å². The van der Waals surface area contributed by atoms with E-state index in [9.17, 15) is 14.9 Å². The zero-order valence-corrected chi connectivity index (χ0v) is 19.0. The van der Waals surface area contributed by atoms with Crippen LogP contribution >= 0.6 is 12.2 Å². The highest BCUT2D eigenvalue weighted by Gasteiger charge is 2.29. The number of amides is 1. The van der Waals surface area contributed by atoms with Crippen LogP contribution in [0.2, 0.25) is 0 Å².